The normalized spacial score (nSPS) is 11.0. The number of ether oxygens (including phenoxy) is 2. The average molecular weight is 438 g/mol. The van der Waals surface area contributed by atoms with Gasteiger partial charge in [0.2, 0.25) is 0 Å². The number of halogens is 1. The molecule has 0 fully saturated rings. The van der Waals surface area contributed by atoms with Crippen LogP contribution >= 0.6 is 15.9 Å². The summed E-state index contributed by atoms with van der Waals surface area (Å²) in [4.78, 5) is 4.55. The Labute approximate surface area is 175 Å². The molecule has 0 spiro atoms. The summed E-state index contributed by atoms with van der Waals surface area (Å²) in [5.41, 5.74) is 5.43. The third-order valence-corrected chi connectivity index (χ3v) is 4.82. The topological polar surface area (TPSA) is 30.8 Å². The molecule has 3 rings (SSSR count). The molecule has 4 heteroatoms. The van der Waals surface area contributed by atoms with Crippen molar-refractivity contribution in [2.75, 3.05) is 6.61 Å². The summed E-state index contributed by atoms with van der Waals surface area (Å²) in [7, 11) is 0. The first-order chi connectivity index (χ1) is 13.5. The summed E-state index contributed by atoms with van der Waals surface area (Å²) in [6.07, 6.45) is 1.84. The largest absolute Gasteiger partial charge is 0.490 e. The summed E-state index contributed by atoms with van der Waals surface area (Å²) in [5, 5.41) is 0. The molecular formula is C24H24BrNO2. The van der Waals surface area contributed by atoms with Crippen LogP contribution in [0, 0.1) is 13.8 Å². The Kier molecular flexibility index (Phi) is 6.88. The standard InChI is InChI=1S/C24H24BrNO2/c1-4-27-23-14-20(15-26-21-11-7-18(3)8-12-21)13-22(25)24(23)28-16-19-9-5-17(2)6-10-19/h5-15H,4,16H2,1-3H3. The van der Waals surface area contributed by atoms with E-state index in [1.807, 2.05) is 37.4 Å². The molecule has 0 saturated heterocycles. The van der Waals surface area contributed by atoms with Gasteiger partial charge in [-0.1, -0.05) is 47.5 Å². The van der Waals surface area contributed by atoms with Crippen LogP contribution in [0.1, 0.15) is 29.2 Å². The van der Waals surface area contributed by atoms with Gasteiger partial charge in [0.05, 0.1) is 16.8 Å². The Morgan fingerprint density at radius 1 is 0.893 bits per heavy atom. The van der Waals surface area contributed by atoms with Gasteiger partial charge in [-0.3, -0.25) is 4.99 Å². The summed E-state index contributed by atoms with van der Waals surface area (Å²) >= 11 is 3.62. The minimum absolute atomic E-state index is 0.482. The van der Waals surface area contributed by atoms with Gasteiger partial charge in [-0.05, 0) is 72.1 Å². The van der Waals surface area contributed by atoms with E-state index in [0.29, 0.717) is 24.7 Å². The molecule has 0 atom stereocenters. The molecule has 28 heavy (non-hydrogen) atoms. The number of benzene rings is 3. The highest BCUT2D eigenvalue weighted by molar-refractivity contribution is 9.10. The Balaban J connectivity index is 1.80. The number of aryl methyl sites for hydroxylation is 2. The van der Waals surface area contributed by atoms with Gasteiger partial charge in [0.1, 0.15) is 6.61 Å². The molecular weight excluding hydrogens is 414 g/mol. The van der Waals surface area contributed by atoms with Gasteiger partial charge < -0.3 is 9.47 Å². The molecule has 3 aromatic carbocycles. The fourth-order valence-electron chi connectivity index (χ4n) is 2.69. The van der Waals surface area contributed by atoms with Crippen LogP contribution < -0.4 is 9.47 Å². The van der Waals surface area contributed by atoms with Crippen molar-refractivity contribution >= 4 is 27.8 Å². The molecule has 0 radical (unpaired) electrons. The SMILES string of the molecule is CCOc1cc(C=Nc2ccc(C)cc2)cc(Br)c1OCc1ccc(C)cc1. The van der Waals surface area contributed by atoms with Crippen molar-refractivity contribution in [3.8, 4) is 11.5 Å². The minimum Gasteiger partial charge on any atom is -0.490 e. The van der Waals surface area contributed by atoms with E-state index in [1.54, 1.807) is 0 Å². The number of rotatable bonds is 7. The summed E-state index contributed by atoms with van der Waals surface area (Å²) in [6, 6.07) is 20.4. The highest BCUT2D eigenvalue weighted by atomic mass is 79.9. The van der Waals surface area contributed by atoms with Crippen LogP contribution in [-0.2, 0) is 6.61 Å². The lowest BCUT2D eigenvalue weighted by Gasteiger charge is -2.15. The zero-order chi connectivity index (χ0) is 19.9. The van der Waals surface area contributed by atoms with E-state index >= 15 is 0 Å². The molecule has 0 unspecified atom stereocenters. The van der Waals surface area contributed by atoms with Crippen LogP contribution in [0.2, 0.25) is 0 Å². The van der Waals surface area contributed by atoms with E-state index in [4.69, 9.17) is 9.47 Å². The van der Waals surface area contributed by atoms with Crippen molar-refractivity contribution in [2.24, 2.45) is 4.99 Å². The first-order valence-electron chi connectivity index (χ1n) is 9.30. The smallest absolute Gasteiger partial charge is 0.175 e. The number of hydrogen-bond donors (Lipinski definition) is 0. The molecule has 0 aliphatic rings. The lowest BCUT2D eigenvalue weighted by atomic mass is 10.1. The molecule has 0 aromatic heterocycles. The van der Waals surface area contributed by atoms with Crippen molar-refractivity contribution in [1.29, 1.82) is 0 Å². The molecule has 0 aliphatic carbocycles. The van der Waals surface area contributed by atoms with Crippen LogP contribution in [-0.4, -0.2) is 12.8 Å². The first-order valence-corrected chi connectivity index (χ1v) is 10.1. The summed E-state index contributed by atoms with van der Waals surface area (Å²) in [5.74, 6) is 1.41. The van der Waals surface area contributed by atoms with Crippen LogP contribution in [0.15, 0.2) is 70.1 Å². The maximum atomic E-state index is 6.06. The van der Waals surface area contributed by atoms with E-state index in [9.17, 15) is 0 Å². The van der Waals surface area contributed by atoms with Crippen LogP contribution in [0.25, 0.3) is 0 Å². The second kappa shape index (κ2) is 9.56. The Morgan fingerprint density at radius 2 is 1.54 bits per heavy atom. The molecule has 144 valence electrons. The van der Waals surface area contributed by atoms with Crippen molar-refractivity contribution in [2.45, 2.75) is 27.4 Å². The molecule has 0 aliphatic heterocycles. The van der Waals surface area contributed by atoms with Crippen molar-refractivity contribution in [3.05, 3.63) is 87.4 Å². The first kappa shape index (κ1) is 20.2. The lowest BCUT2D eigenvalue weighted by Crippen LogP contribution is -2.01. The van der Waals surface area contributed by atoms with Gasteiger partial charge in [-0.25, -0.2) is 0 Å². The molecule has 3 nitrogen and oxygen atoms in total. The minimum atomic E-state index is 0.482. The Bertz CT molecular complexity index is 948. The monoisotopic (exact) mass is 437 g/mol. The lowest BCUT2D eigenvalue weighted by molar-refractivity contribution is 0.267. The zero-order valence-electron chi connectivity index (χ0n) is 16.4. The summed E-state index contributed by atoms with van der Waals surface area (Å²) < 4.78 is 12.7. The third kappa shape index (κ3) is 5.46. The highest BCUT2D eigenvalue weighted by Gasteiger charge is 2.12. The van der Waals surface area contributed by atoms with E-state index in [-0.39, 0.29) is 0 Å². The highest BCUT2D eigenvalue weighted by Crippen LogP contribution is 2.37. The molecule has 0 N–H and O–H groups in total. The molecule has 0 heterocycles. The van der Waals surface area contributed by atoms with Crippen molar-refractivity contribution in [3.63, 3.8) is 0 Å². The van der Waals surface area contributed by atoms with Crippen molar-refractivity contribution < 1.29 is 9.47 Å². The number of nitrogens with zero attached hydrogens (tertiary/aromatic N) is 1. The van der Waals surface area contributed by atoms with Crippen LogP contribution in [0.5, 0.6) is 11.5 Å². The molecule has 0 amide bonds. The number of hydrogen-bond acceptors (Lipinski definition) is 3. The van der Waals surface area contributed by atoms with Crippen LogP contribution in [0.4, 0.5) is 5.69 Å². The second-order valence-electron chi connectivity index (χ2n) is 6.63. The van der Waals surface area contributed by atoms with E-state index < -0.39 is 0 Å². The van der Waals surface area contributed by atoms with E-state index in [2.05, 4.69) is 71.2 Å². The van der Waals surface area contributed by atoms with Gasteiger partial charge in [-0.15, -0.1) is 0 Å². The molecule has 0 bridgehead atoms. The predicted octanol–water partition coefficient (Wildman–Crippen LogP) is 6.79. The number of aliphatic imine (C=N–C) groups is 1. The maximum absolute atomic E-state index is 6.06. The quantitative estimate of drug-likeness (QED) is 0.380. The third-order valence-electron chi connectivity index (χ3n) is 4.23. The fraction of sp³-hybridized carbons (Fsp3) is 0.208. The average Bonchev–Trinajstić information content (AvgIpc) is 2.68. The zero-order valence-corrected chi connectivity index (χ0v) is 18.0. The fourth-order valence-corrected chi connectivity index (χ4v) is 3.26. The van der Waals surface area contributed by atoms with Crippen LogP contribution in [0.3, 0.4) is 0 Å². The van der Waals surface area contributed by atoms with Gasteiger partial charge in [0.15, 0.2) is 11.5 Å². The van der Waals surface area contributed by atoms with Gasteiger partial charge in [-0.2, -0.15) is 0 Å². The molecule has 0 saturated carbocycles. The van der Waals surface area contributed by atoms with Gasteiger partial charge >= 0.3 is 0 Å². The Morgan fingerprint density at radius 3 is 2.18 bits per heavy atom. The second-order valence-corrected chi connectivity index (χ2v) is 7.49. The van der Waals surface area contributed by atoms with Gasteiger partial charge in [0.25, 0.3) is 0 Å². The maximum Gasteiger partial charge on any atom is 0.175 e. The van der Waals surface area contributed by atoms with E-state index in [0.717, 1.165) is 21.3 Å². The van der Waals surface area contributed by atoms with Gasteiger partial charge in [0, 0.05) is 6.21 Å². The van der Waals surface area contributed by atoms with E-state index in [1.165, 1.54) is 11.1 Å². The summed E-state index contributed by atoms with van der Waals surface area (Å²) in [6.45, 7) is 7.14. The predicted molar refractivity (Wildman–Crippen MR) is 119 cm³/mol. The van der Waals surface area contributed by atoms with Crippen molar-refractivity contribution in [1.82, 2.24) is 0 Å². The Hall–Kier alpha value is -2.59. The molecule has 3 aromatic rings.